The molecular formula is C15H14N2O3. The van der Waals surface area contributed by atoms with E-state index in [2.05, 4.69) is 5.32 Å². The summed E-state index contributed by atoms with van der Waals surface area (Å²) < 4.78 is 5.59. The molecule has 0 bridgehead atoms. The molecule has 1 N–H and O–H groups in total. The topological polar surface area (TPSA) is 64.4 Å². The maximum absolute atomic E-state index is 10.9. The zero-order chi connectivity index (χ0) is 14.1. The summed E-state index contributed by atoms with van der Waals surface area (Å²) in [6.45, 7) is 2.37. The van der Waals surface area contributed by atoms with Gasteiger partial charge in [0.25, 0.3) is 5.69 Å². The van der Waals surface area contributed by atoms with Crippen molar-refractivity contribution < 1.29 is 9.66 Å². The fourth-order valence-electron chi connectivity index (χ4n) is 2.43. The Kier molecular flexibility index (Phi) is 3.02. The molecule has 20 heavy (non-hydrogen) atoms. The van der Waals surface area contributed by atoms with Crippen molar-refractivity contribution in [1.82, 2.24) is 0 Å². The number of para-hydroxylation sites is 1. The van der Waals surface area contributed by atoms with E-state index in [9.17, 15) is 10.1 Å². The third-order valence-corrected chi connectivity index (χ3v) is 3.31. The first-order valence-electron chi connectivity index (χ1n) is 6.38. The number of nitro groups is 1. The van der Waals surface area contributed by atoms with Crippen molar-refractivity contribution in [2.24, 2.45) is 0 Å². The van der Waals surface area contributed by atoms with Gasteiger partial charge in [-0.15, -0.1) is 0 Å². The van der Waals surface area contributed by atoms with E-state index in [0.717, 1.165) is 22.6 Å². The van der Waals surface area contributed by atoms with E-state index in [1.807, 2.05) is 37.3 Å². The molecule has 0 spiro atoms. The Bertz CT molecular complexity index is 670. The van der Waals surface area contributed by atoms with Crippen LogP contribution in [0.4, 0.5) is 11.4 Å². The fraction of sp³-hybridized carbons (Fsp3) is 0.200. The van der Waals surface area contributed by atoms with E-state index in [-0.39, 0.29) is 16.7 Å². The van der Waals surface area contributed by atoms with Crippen LogP contribution in [0.1, 0.15) is 17.2 Å². The molecule has 2 aromatic rings. The van der Waals surface area contributed by atoms with E-state index in [1.54, 1.807) is 12.1 Å². The molecule has 0 aromatic heterocycles. The lowest BCUT2D eigenvalue weighted by molar-refractivity contribution is -0.384. The quantitative estimate of drug-likeness (QED) is 0.685. The molecule has 0 saturated heterocycles. The van der Waals surface area contributed by atoms with Gasteiger partial charge in [0.2, 0.25) is 0 Å². The number of nitrogens with zero attached hydrogens (tertiary/aromatic N) is 1. The minimum atomic E-state index is -0.378. The zero-order valence-corrected chi connectivity index (χ0v) is 11.0. The molecule has 1 heterocycles. The first-order chi connectivity index (χ1) is 9.63. The maximum atomic E-state index is 10.9. The van der Waals surface area contributed by atoms with Gasteiger partial charge < -0.3 is 10.1 Å². The third kappa shape index (κ3) is 2.30. The van der Waals surface area contributed by atoms with E-state index >= 15 is 0 Å². The Morgan fingerprint density at radius 3 is 2.90 bits per heavy atom. The van der Waals surface area contributed by atoms with Crippen LogP contribution in [0, 0.1) is 17.0 Å². The molecule has 1 atom stereocenters. The molecule has 3 rings (SSSR count). The lowest BCUT2D eigenvalue weighted by Crippen LogP contribution is -2.12. The van der Waals surface area contributed by atoms with Gasteiger partial charge in [-0.3, -0.25) is 10.1 Å². The highest BCUT2D eigenvalue weighted by atomic mass is 16.6. The van der Waals surface area contributed by atoms with Crippen LogP contribution in [0.15, 0.2) is 42.5 Å². The molecular weight excluding hydrogens is 256 g/mol. The summed E-state index contributed by atoms with van der Waals surface area (Å²) in [7, 11) is 0. The number of nitro benzene ring substituents is 1. The van der Waals surface area contributed by atoms with E-state index in [4.69, 9.17) is 4.74 Å². The summed E-state index contributed by atoms with van der Waals surface area (Å²) in [6.07, 6.45) is 0. The first-order valence-corrected chi connectivity index (χ1v) is 6.38. The van der Waals surface area contributed by atoms with Gasteiger partial charge >= 0.3 is 0 Å². The van der Waals surface area contributed by atoms with E-state index < -0.39 is 0 Å². The smallest absolute Gasteiger partial charge is 0.271 e. The van der Waals surface area contributed by atoms with Crippen molar-refractivity contribution in [3.05, 3.63) is 63.7 Å². The van der Waals surface area contributed by atoms with Gasteiger partial charge in [-0.25, -0.2) is 0 Å². The Morgan fingerprint density at radius 1 is 1.30 bits per heavy atom. The SMILES string of the molecule is Cc1cc(NC2COc3ccccc32)cc([N+](=O)[O-])c1. The third-order valence-electron chi connectivity index (χ3n) is 3.31. The molecule has 0 radical (unpaired) electrons. The molecule has 2 aromatic carbocycles. The standard InChI is InChI=1S/C15H14N2O3/c1-10-6-11(8-12(7-10)17(18)19)16-14-9-20-15-5-3-2-4-13(14)15/h2-8,14,16H,9H2,1H3. The van der Waals surface area contributed by atoms with Gasteiger partial charge in [-0.2, -0.15) is 0 Å². The minimum absolute atomic E-state index is 0.0209. The number of fused-ring (bicyclic) bond motifs is 1. The lowest BCUT2D eigenvalue weighted by atomic mass is 10.1. The van der Waals surface area contributed by atoms with Gasteiger partial charge in [0.05, 0.1) is 11.0 Å². The second kappa shape index (κ2) is 4.85. The second-order valence-electron chi connectivity index (χ2n) is 4.86. The van der Waals surface area contributed by atoms with Crippen molar-refractivity contribution in [2.75, 3.05) is 11.9 Å². The average Bonchev–Trinajstić information content (AvgIpc) is 2.82. The van der Waals surface area contributed by atoms with Crippen LogP contribution in [0.2, 0.25) is 0 Å². The number of aryl methyl sites for hydroxylation is 1. The van der Waals surface area contributed by atoms with Crippen molar-refractivity contribution in [3.8, 4) is 5.75 Å². The largest absolute Gasteiger partial charge is 0.491 e. The number of hydrogen-bond acceptors (Lipinski definition) is 4. The summed E-state index contributed by atoms with van der Waals surface area (Å²) in [4.78, 5) is 10.5. The number of benzene rings is 2. The van der Waals surface area contributed by atoms with Gasteiger partial charge in [0, 0.05) is 23.4 Å². The molecule has 0 amide bonds. The van der Waals surface area contributed by atoms with Gasteiger partial charge in [0.15, 0.2) is 0 Å². The summed E-state index contributed by atoms with van der Waals surface area (Å²) in [6, 6.07) is 12.8. The fourth-order valence-corrected chi connectivity index (χ4v) is 2.43. The monoisotopic (exact) mass is 270 g/mol. The Balaban J connectivity index is 1.88. The summed E-state index contributed by atoms with van der Waals surface area (Å²) >= 11 is 0. The first kappa shape index (κ1) is 12.5. The number of anilines is 1. The van der Waals surface area contributed by atoms with Crippen LogP contribution in [0.25, 0.3) is 0 Å². The van der Waals surface area contributed by atoms with Gasteiger partial charge in [-0.1, -0.05) is 18.2 Å². The molecule has 5 nitrogen and oxygen atoms in total. The molecule has 102 valence electrons. The lowest BCUT2D eigenvalue weighted by Gasteiger charge is -2.13. The van der Waals surface area contributed by atoms with Crippen molar-refractivity contribution in [1.29, 1.82) is 0 Å². The van der Waals surface area contributed by atoms with Crippen LogP contribution < -0.4 is 10.1 Å². The number of hydrogen-bond donors (Lipinski definition) is 1. The second-order valence-corrected chi connectivity index (χ2v) is 4.86. The highest BCUT2D eigenvalue weighted by molar-refractivity contribution is 5.56. The highest BCUT2D eigenvalue weighted by Crippen LogP contribution is 2.34. The number of rotatable bonds is 3. The van der Waals surface area contributed by atoms with Crippen LogP contribution in [-0.2, 0) is 0 Å². The minimum Gasteiger partial charge on any atom is -0.491 e. The van der Waals surface area contributed by atoms with Crippen LogP contribution in [0.5, 0.6) is 5.75 Å². The van der Waals surface area contributed by atoms with Crippen molar-refractivity contribution in [2.45, 2.75) is 13.0 Å². The maximum Gasteiger partial charge on any atom is 0.271 e. The zero-order valence-electron chi connectivity index (χ0n) is 11.0. The Morgan fingerprint density at radius 2 is 2.10 bits per heavy atom. The summed E-state index contributed by atoms with van der Waals surface area (Å²) in [5.41, 5.74) is 2.77. The average molecular weight is 270 g/mol. The van der Waals surface area contributed by atoms with Gasteiger partial charge in [0.1, 0.15) is 12.4 Å². The number of ether oxygens (including phenoxy) is 1. The molecule has 1 aliphatic heterocycles. The normalized spacial score (nSPS) is 16.4. The van der Waals surface area contributed by atoms with Crippen LogP contribution in [-0.4, -0.2) is 11.5 Å². The van der Waals surface area contributed by atoms with Crippen LogP contribution in [0.3, 0.4) is 0 Å². The van der Waals surface area contributed by atoms with Crippen LogP contribution >= 0.6 is 0 Å². The summed E-state index contributed by atoms with van der Waals surface area (Å²) in [5, 5.41) is 14.2. The van der Waals surface area contributed by atoms with E-state index in [0.29, 0.717) is 6.61 Å². The van der Waals surface area contributed by atoms with E-state index in [1.165, 1.54) is 0 Å². The number of nitrogens with one attached hydrogen (secondary N) is 1. The molecule has 5 heteroatoms. The Hall–Kier alpha value is -2.56. The Labute approximate surface area is 116 Å². The molecule has 1 unspecified atom stereocenters. The number of non-ortho nitro benzene ring substituents is 1. The van der Waals surface area contributed by atoms with Crippen molar-refractivity contribution >= 4 is 11.4 Å². The predicted molar refractivity (Wildman–Crippen MR) is 76.1 cm³/mol. The molecule has 0 saturated carbocycles. The molecule has 0 fully saturated rings. The molecule has 1 aliphatic rings. The predicted octanol–water partition coefficient (Wildman–Crippen LogP) is 3.45. The summed E-state index contributed by atoms with van der Waals surface area (Å²) in [5.74, 6) is 0.868. The van der Waals surface area contributed by atoms with Gasteiger partial charge in [-0.05, 0) is 24.6 Å². The highest BCUT2D eigenvalue weighted by Gasteiger charge is 2.23. The molecule has 0 aliphatic carbocycles. The van der Waals surface area contributed by atoms with Crippen molar-refractivity contribution in [3.63, 3.8) is 0 Å².